The highest BCUT2D eigenvalue weighted by atomic mass is 32.2. The van der Waals surface area contributed by atoms with Crippen LogP contribution in [0.25, 0.3) is 0 Å². The van der Waals surface area contributed by atoms with Crippen molar-refractivity contribution in [2.24, 2.45) is 10.9 Å². The van der Waals surface area contributed by atoms with E-state index < -0.39 is 9.84 Å². The molecule has 0 bridgehead atoms. The second-order valence-electron chi connectivity index (χ2n) is 8.19. The number of hydrogen-bond acceptors (Lipinski definition) is 4. The molecule has 6 nitrogen and oxygen atoms in total. The molecule has 1 heterocycles. The average Bonchev–Trinajstić information content (AvgIpc) is 2.64. The fourth-order valence-electron chi connectivity index (χ4n) is 3.53. The summed E-state index contributed by atoms with van der Waals surface area (Å²) in [5.74, 6) is 1.67. The molecular weight excluding hydrogens is 372 g/mol. The van der Waals surface area contributed by atoms with E-state index in [-0.39, 0.29) is 11.8 Å². The van der Waals surface area contributed by atoms with Crippen molar-refractivity contribution in [1.82, 2.24) is 15.5 Å². The number of benzene rings is 1. The maximum atomic E-state index is 11.3. The molecule has 1 aromatic carbocycles. The molecule has 0 aliphatic carbocycles. The van der Waals surface area contributed by atoms with Crippen LogP contribution in [0, 0.1) is 5.92 Å². The smallest absolute Gasteiger partial charge is 0.191 e. The van der Waals surface area contributed by atoms with Crippen LogP contribution in [0.5, 0.6) is 0 Å². The Morgan fingerprint density at radius 1 is 1.29 bits per heavy atom. The van der Waals surface area contributed by atoms with Crippen LogP contribution in [-0.4, -0.2) is 57.5 Å². The van der Waals surface area contributed by atoms with Gasteiger partial charge in [-0.25, -0.2) is 8.42 Å². The molecule has 0 amide bonds. The molecule has 7 heteroatoms. The Morgan fingerprint density at radius 2 is 1.96 bits per heavy atom. The van der Waals surface area contributed by atoms with Crippen molar-refractivity contribution in [3.8, 4) is 0 Å². The van der Waals surface area contributed by atoms with Gasteiger partial charge in [-0.3, -0.25) is 9.89 Å². The van der Waals surface area contributed by atoms with E-state index in [0.717, 1.165) is 12.5 Å². The van der Waals surface area contributed by atoms with E-state index in [2.05, 4.69) is 51.7 Å². The molecule has 1 fully saturated rings. The second-order valence-corrected chi connectivity index (χ2v) is 10.4. The maximum Gasteiger partial charge on any atom is 0.191 e. The average molecular weight is 409 g/mol. The number of nitrogens with one attached hydrogen (secondary N) is 2. The third kappa shape index (κ3) is 8.61. The lowest BCUT2D eigenvalue weighted by molar-refractivity contribution is 0.176. The van der Waals surface area contributed by atoms with Crippen molar-refractivity contribution in [2.75, 3.05) is 32.1 Å². The molecule has 2 N–H and O–H groups in total. The Bertz CT molecular complexity index is 731. The Balaban J connectivity index is 1.77. The number of rotatable bonds is 8. The van der Waals surface area contributed by atoms with Gasteiger partial charge in [0.05, 0.1) is 5.75 Å². The number of piperidine rings is 1. The van der Waals surface area contributed by atoms with Gasteiger partial charge in [0.1, 0.15) is 9.84 Å². The van der Waals surface area contributed by atoms with Gasteiger partial charge in [0.25, 0.3) is 0 Å². The fourth-order valence-corrected chi connectivity index (χ4v) is 4.31. The van der Waals surface area contributed by atoms with Crippen molar-refractivity contribution in [3.63, 3.8) is 0 Å². The summed E-state index contributed by atoms with van der Waals surface area (Å²) >= 11 is 0. The zero-order chi connectivity index (χ0) is 20.6. The Kier molecular flexibility index (Phi) is 8.76. The topological polar surface area (TPSA) is 73.8 Å². The van der Waals surface area contributed by atoms with Crippen molar-refractivity contribution in [3.05, 3.63) is 35.4 Å². The molecule has 0 spiro atoms. The van der Waals surface area contributed by atoms with E-state index in [4.69, 9.17) is 0 Å². The van der Waals surface area contributed by atoms with Crippen LogP contribution in [0.2, 0.25) is 0 Å². The van der Waals surface area contributed by atoms with Crippen LogP contribution < -0.4 is 10.6 Å². The van der Waals surface area contributed by atoms with Gasteiger partial charge < -0.3 is 10.6 Å². The first-order valence-electron chi connectivity index (χ1n) is 10.2. The molecule has 2 atom stereocenters. The van der Waals surface area contributed by atoms with Gasteiger partial charge >= 0.3 is 0 Å². The molecule has 0 aromatic heterocycles. The summed E-state index contributed by atoms with van der Waals surface area (Å²) < 4.78 is 22.6. The summed E-state index contributed by atoms with van der Waals surface area (Å²) in [6.07, 6.45) is 4.48. The number of aliphatic imine (C=N–C) groups is 1. The Morgan fingerprint density at radius 3 is 2.57 bits per heavy atom. The van der Waals surface area contributed by atoms with Gasteiger partial charge in [-0.2, -0.15) is 0 Å². The molecule has 0 saturated carbocycles. The van der Waals surface area contributed by atoms with Crippen molar-refractivity contribution < 1.29 is 8.42 Å². The highest BCUT2D eigenvalue weighted by Crippen LogP contribution is 2.18. The molecule has 2 unspecified atom stereocenters. The summed E-state index contributed by atoms with van der Waals surface area (Å²) in [4.78, 5) is 6.77. The number of hydrogen-bond donors (Lipinski definition) is 2. The zero-order valence-corrected chi connectivity index (χ0v) is 18.6. The van der Waals surface area contributed by atoms with Gasteiger partial charge in [-0.1, -0.05) is 31.2 Å². The summed E-state index contributed by atoms with van der Waals surface area (Å²) in [5, 5.41) is 6.55. The van der Waals surface area contributed by atoms with Crippen LogP contribution >= 0.6 is 0 Å². The molecule has 2 rings (SSSR count). The first-order chi connectivity index (χ1) is 13.2. The summed E-state index contributed by atoms with van der Waals surface area (Å²) in [7, 11) is -1.22. The number of sulfone groups is 1. The number of guanidine groups is 1. The highest BCUT2D eigenvalue weighted by molar-refractivity contribution is 7.90. The van der Waals surface area contributed by atoms with E-state index >= 15 is 0 Å². The second kappa shape index (κ2) is 10.8. The lowest BCUT2D eigenvalue weighted by Crippen LogP contribution is -2.42. The molecule has 1 aliphatic rings. The van der Waals surface area contributed by atoms with E-state index in [9.17, 15) is 8.42 Å². The first-order valence-corrected chi connectivity index (χ1v) is 12.3. The highest BCUT2D eigenvalue weighted by Gasteiger charge is 2.16. The van der Waals surface area contributed by atoms with Gasteiger partial charge in [0.15, 0.2) is 5.96 Å². The molecule has 28 heavy (non-hydrogen) atoms. The summed E-state index contributed by atoms with van der Waals surface area (Å²) in [6, 6.07) is 8.78. The largest absolute Gasteiger partial charge is 0.354 e. The fraction of sp³-hybridized carbons (Fsp3) is 0.667. The number of nitrogens with zero attached hydrogens (tertiary/aromatic N) is 2. The Hall–Kier alpha value is -1.60. The lowest BCUT2D eigenvalue weighted by atomic mass is 9.99. The van der Waals surface area contributed by atoms with Gasteiger partial charge in [-0.15, -0.1) is 0 Å². The third-order valence-corrected chi connectivity index (χ3v) is 6.14. The van der Waals surface area contributed by atoms with Gasteiger partial charge in [0.2, 0.25) is 0 Å². The van der Waals surface area contributed by atoms with Crippen LogP contribution in [-0.2, 0) is 22.9 Å². The van der Waals surface area contributed by atoms with Crippen molar-refractivity contribution >= 4 is 15.8 Å². The van der Waals surface area contributed by atoms with E-state index in [1.54, 1.807) is 7.05 Å². The predicted molar refractivity (Wildman–Crippen MR) is 117 cm³/mol. The van der Waals surface area contributed by atoms with E-state index in [1.807, 2.05) is 6.92 Å². The van der Waals surface area contributed by atoms with Crippen molar-refractivity contribution in [1.29, 1.82) is 0 Å². The van der Waals surface area contributed by atoms with Crippen LogP contribution in [0.15, 0.2) is 29.3 Å². The third-order valence-electron chi connectivity index (χ3n) is 5.16. The lowest BCUT2D eigenvalue weighted by Gasteiger charge is -2.30. The molecule has 1 aromatic rings. The maximum absolute atomic E-state index is 11.3. The van der Waals surface area contributed by atoms with Crippen LogP contribution in [0.1, 0.15) is 44.2 Å². The standard InChI is InChI=1S/C21H36N4O2S/c1-17-6-5-12-25(15-17)16-20-9-7-19(8-10-20)14-23-21(22-3)24-18(2)11-13-28(4,26)27/h7-10,17-18H,5-6,11-16H2,1-4H3,(H2,22,23,24). The predicted octanol–water partition coefficient (Wildman–Crippen LogP) is 2.41. The minimum atomic E-state index is -2.94. The van der Waals surface area contributed by atoms with Crippen LogP contribution in [0.4, 0.5) is 0 Å². The molecule has 158 valence electrons. The minimum absolute atomic E-state index is 0.0373. The minimum Gasteiger partial charge on any atom is -0.354 e. The molecule has 1 saturated heterocycles. The summed E-state index contributed by atoms with van der Waals surface area (Å²) in [5.41, 5.74) is 2.55. The molecule has 0 radical (unpaired) electrons. The normalized spacial score (nSPS) is 20.0. The number of likely N-dealkylation sites (tertiary alicyclic amines) is 1. The quantitative estimate of drug-likeness (QED) is 0.510. The summed E-state index contributed by atoms with van der Waals surface area (Å²) in [6.45, 7) is 8.41. The Labute approximate surface area is 170 Å². The first kappa shape index (κ1) is 22.7. The van der Waals surface area contributed by atoms with E-state index in [0.29, 0.717) is 18.9 Å². The van der Waals surface area contributed by atoms with Crippen LogP contribution in [0.3, 0.4) is 0 Å². The van der Waals surface area contributed by atoms with Gasteiger partial charge in [-0.05, 0) is 49.8 Å². The van der Waals surface area contributed by atoms with Gasteiger partial charge in [0, 0.05) is 39.0 Å². The molecule has 1 aliphatic heterocycles. The van der Waals surface area contributed by atoms with E-state index in [1.165, 1.54) is 43.3 Å². The zero-order valence-electron chi connectivity index (χ0n) is 17.7. The van der Waals surface area contributed by atoms with Crippen molar-refractivity contribution in [2.45, 2.75) is 52.2 Å². The molecular formula is C21H36N4O2S. The SMILES string of the molecule is CN=C(NCc1ccc(CN2CCCC(C)C2)cc1)NC(C)CCS(C)(=O)=O. The monoisotopic (exact) mass is 408 g/mol.